The number of hydrogen-bond donors (Lipinski definition) is 1. The minimum absolute atomic E-state index is 0.0470. The summed E-state index contributed by atoms with van der Waals surface area (Å²) in [6.45, 7) is 0.691. The number of carbonyl (C=O) groups is 1. The summed E-state index contributed by atoms with van der Waals surface area (Å²) in [5.74, 6) is 1.38. The summed E-state index contributed by atoms with van der Waals surface area (Å²) in [6, 6.07) is 5.60. The number of ether oxygens (including phenoxy) is 2. The zero-order valence-corrected chi connectivity index (χ0v) is 12.6. The summed E-state index contributed by atoms with van der Waals surface area (Å²) in [7, 11) is 3.25. The van der Waals surface area contributed by atoms with Crippen LogP contribution >= 0.6 is 0 Å². The van der Waals surface area contributed by atoms with Crippen LogP contribution in [0, 0.1) is 0 Å². The van der Waals surface area contributed by atoms with E-state index in [9.17, 15) is 4.79 Å². The molecule has 0 spiro atoms. The van der Waals surface area contributed by atoms with Gasteiger partial charge in [-0.1, -0.05) is 0 Å². The van der Waals surface area contributed by atoms with E-state index >= 15 is 0 Å². The molecule has 1 atom stereocenters. The number of aromatic amines is 1. The van der Waals surface area contributed by atoms with E-state index < -0.39 is 0 Å². The smallest absolute Gasteiger partial charge is 0.276 e. The zero-order chi connectivity index (χ0) is 15.5. The second-order valence-corrected chi connectivity index (χ2v) is 5.12. The minimum Gasteiger partial charge on any atom is -0.497 e. The van der Waals surface area contributed by atoms with Gasteiger partial charge in [0.1, 0.15) is 11.5 Å². The molecule has 0 unspecified atom stereocenters. The third-order valence-electron chi connectivity index (χ3n) is 3.94. The van der Waals surface area contributed by atoms with Crippen molar-refractivity contribution < 1.29 is 14.3 Å². The van der Waals surface area contributed by atoms with Crippen LogP contribution in [0.3, 0.4) is 0 Å². The summed E-state index contributed by atoms with van der Waals surface area (Å²) in [4.78, 5) is 14.4. The van der Waals surface area contributed by atoms with Crippen LogP contribution in [0.15, 0.2) is 24.4 Å². The average Bonchev–Trinajstić information content (AvgIpc) is 3.24. The Bertz CT molecular complexity index is 657. The van der Waals surface area contributed by atoms with Crippen LogP contribution in [-0.2, 0) is 0 Å². The highest BCUT2D eigenvalue weighted by Gasteiger charge is 2.33. The molecule has 0 saturated carbocycles. The molecule has 2 aromatic rings. The van der Waals surface area contributed by atoms with Crippen molar-refractivity contribution in [1.29, 1.82) is 0 Å². The van der Waals surface area contributed by atoms with E-state index in [1.165, 1.54) is 6.20 Å². The van der Waals surface area contributed by atoms with Gasteiger partial charge in [-0.05, 0) is 31.0 Å². The zero-order valence-electron chi connectivity index (χ0n) is 12.6. The van der Waals surface area contributed by atoms with E-state index in [1.807, 2.05) is 23.1 Å². The number of aromatic nitrogens is 3. The Morgan fingerprint density at radius 3 is 2.91 bits per heavy atom. The van der Waals surface area contributed by atoms with Gasteiger partial charge in [0.2, 0.25) is 0 Å². The van der Waals surface area contributed by atoms with Crippen LogP contribution in [-0.4, -0.2) is 47.0 Å². The molecular formula is C15H18N4O3. The van der Waals surface area contributed by atoms with E-state index in [-0.39, 0.29) is 11.9 Å². The van der Waals surface area contributed by atoms with Crippen molar-refractivity contribution in [2.24, 2.45) is 0 Å². The van der Waals surface area contributed by atoms with Crippen LogP contribution in [0.4, 0.5) is 0 Å². The summed E-state index contributed by atoms with van der Waals surface area (Å²) in [5, 5.41) is 10.1. The van der Waals surface area contributed by atoms with Gasteiger partial charge in [-0.2, -0.15) is 15.4 Å². The molecule has 1 N–H and O–H groups in total. The third-order valence-corrected chi connectivity index (χ3v) is 3.94. The van der Waals surface area contributed by atoms with Gasteiger partial charge in [-0.25, -0.2) is 0 Å². The van der Waals surface area contributed by atoms with Crippen molar-refractivity contribution in [2.45, 2.75) is 18.9 Å². The number of methoxy groups -OCH3 is 2. The van der Waals surface area contributed by atoms with Crippen molar-refractivity contribution in [3.05, 3.63) is 35.7 Å². The van der Waals surface area contributed by atoms with Gasteiger partial charge in [0.25, 0.3) is 5.91 Å². The highest BCUT2D eigenvalue weighted by atomic mass is 16.5. The van der Waals surface area contributed by atoms with Gasteiger partial charge < -0.3 is 14.4 Å². The first-order valence-corrected chi connectivity index (χ1v) is 7.13. The molecule has 7 nitrogen and oxygen atoms in total. The Hall–Kier alpha value is -2.57. The van der Waals surface area contributed by atoms with Crippen LogP contribution in [0.25, 0.3) is 0 Å². The molecule has 0 bridgehead atoms. The van der Waals surface area contributed by atoms with Crippen molar-refractivity contribution in [1.82, 2.24) is 20.3 Å². The Labute approximate surface area is 128 Å². The summed E-state index contributed by atoms with van der Waals surface area (Å²) < 4.78 is 10.7. The Balaban J connectivity index is 1.94. The van der Waals surface area contributed by atoms with E-state index in [0.717, 1.165) is 29.9 Å². The Morgan fingerprint density at radius 1 is 1.36 bits per heavy atom. The second kappa shape index (κ2) is 6.05. The number of nitrogens with zero attached hydrogens (tertiary/aromatic N) is 3. The van der Waals surface area contributed by atoms with Gasteiger partial charge in [-0.3, -0.25) is 4.79 Å². The predicted molar refractivity (Wildman–Crippen MR) is 78.9 cm³/mol. The number of rotatable bonds is 4. The van der Waals surface area contributed by atoms with Crippen molar-refractivity contribution >= 4 is 5.91 Å². The molecule has 1 aromatic carbocycles. The summed E-state index contributed by atoms with van der Waals surface area (Å²) in [6.07, 6.45) is 3.27. The van der Waals surface area contributed by atoms with E-state index in [4.69, 9.17) is 9.47 Å². The average molecular weight is 302 g/mol. The molecule has 1 aliphatic rings. The van der Waals surface area contributed by atoms with Crippen LogP contribution in [0.5, 0.6) is 11.5 Å². The molecule has 22 heavy (non-hydrogen) atoms. The number of H-pyrrole nitrogens is 1. The van der Waals surface area contributed by atoms with Crippen molar-refractivity contribution in [3.8, 4) is 11.5 Å². The lowest BCUT2D eigenvalue weighted by Crippen LogP contribution is -2.31. The summed E-state index contributed by atoms with van der Waals surface area (Å²) >= 11 is 0. The molecule has 2 heterocycles. The molecule has 1 aliphatic heterocycles. The number of amides is 1. The molecule has 0 aliphatic carbocycles. The van der Waals surface area contributed by atoms with Crippen molar-refractivity contribution in [2.75, 3.05) is 20.8 Å². The lowest BCUT2D eigenvalue weighted by molar-refractivity contribution is 0.0728. The largest absolute Gasteiger partial charge is 0.497 e. The minimum atomic E-state index is -0.124. The first-order valence-electron chi connectivity index (χ1n) is 7.13. The van der Waals surface area contributed by atoms with Gasteiger partial charge >= 0.3 is 0 Å². The summed E-state index contributed by atoms with van der Waals surface area (Å²) in [5.41, 5.74) is 1.28. The number of hydrogen-bond acceptors (Lipinski definition) is 5. The molecule has 1 aromatic heterocycles. The van der Waals surface area contributed by atoms with Gasteiger partial charge in [0, 0.05) is 12.1 Å². The van der Waals surface area contributed by atoms with Crippen molar-refractivity contribution in [3.63, 3.8) is 0 Å². The van der Waals surface area contributed by atoms with Crippen LogP contribution in [0.2, 0.25) is 0 Å². The molecule has 0 radical (unpaired) electrons. The molecule has 116 valence electrons. The quantitative estimate of drug-likeness (QED) is 0.931. The lowest BCUT2D eigenvalue weighted by atomic mass is 10.0. The standard InChI is InChI=1S/C15H18N4O3/c1-21-10-5-6-14(22-2)11(8-10)13-4-3-7-19(13)15(20)12-9-16-18-17-12/h5-6,8-9,13H,3-4,7H2,1-2H3,(H,16,17,18)/t13-/m1/s1. The van der Waals surface area contributed by atoms with E-state index in [1.54, 1.807) is 14.2 Å². The monoisotopic (exact) mass is 302 g/mol. The molecule has 1 fully saturated rings. The molecular weight excluding hydrogens is 284 g/mol. The van der Waals surface area contributed by atoms with Gasteiger partial charge in [0.15, 0.2) is 5.69 Å². The fourth-order valence-corrected chi connectivity index (χ4v) is 2.88. The SMILES string of the molecule is COc1ccc(OC)c([C@H]2CCCN2C(=O)c2cn[nH]n2)c1. The molecule has 3 rings (SSSR count). The maximum Gasteiger partial charge on any atom is 0.276 e. The highest BCUT2D eigenvalue weighted by Crippen LogP contribution is 2.39. The van der Waals surface area contributed by atoms with E-state index in [2.05, 4.69) is 15.4 Å². The number of likely N-dealkylation sites (tertiary alicyclic amines) is 1. The maximum absolute atomic E-state index is 12.6. The number of benzene rings is 1. The third kappa shape index (κ3) is 2.49. The fourth-order valence-electron chi connectivity index (χ4n) is 2.88. The number of nitrogens with one attached hydrogen (secondary N) is 1. The first kappa shape index (κ1) is 14.4. The predicted octanol–water partition coefficient (Wildman–Crippen LogP) is 1.80. The Morgan fingerprint density at radius 2 is 2.23 bits per heavy atom. The Kier molecular flexibility index (Phi) is 3.95. The van der Waals surface area contributed by atoms with Gasteiger partial charge in [-0.15, -0.1) is 0 Å². The highest BCUT2D eigenvalue weighted by molar-refractivity contribution is 5.92. The normalized spacial score (nSPS) is 17.5. The fraction of sp³-hybridized carbons (Fsp3) is 0.400. The maximum atomic E-state index is 12.6. The van der Waals surface area contributed by atoms with Crippen LogP contribution < -0.4 is 9.47 Å². The van der Waals surface area contributed by atoms with Gasteiger partial charge in [0.05, 0.1) is 26.5 Å². The molecule has 1 amide bonds. The topological polar surface area (TPSA) is 80.3 Å². The molecule has 7 heteroatoms. The van der Waals surface area contributed by atoms with Crippen LogP contribution in [0.1, 0.15) is 34.9 Å². The first-order chi connectivity index (χ1) is 10.7. The lowest BCUT2D eigenvalue weighted by Gasteiger charge is -2.26. The second-order valence-electron chi connectivity index (χ2n) is 5.12. The number of carbonyl (C=O) groups excluding carboxylic acids is 1. The van der Waals surface area contributed by atoms with E-state index in [0.29, 0.717) is 12.2 Å². The molecule has 1 saturated heterocycles.